The number of piperazine rings is 1. The quantitative estimate of drug-likeness (QED) is 0.395. The zero-order chi connectivity index (χ0) is 27.3. The maximum atomic E-state index is 13.1. The molecule has 0 aliphatic carbocycles. The van der Waals surface area contributed by atoms with Crippen molar-refractivity contribution in [3.63, 3.8) is 0 Å². The smallest absolute Gasteiger partial charge is 0.404 e. The summed E-state index contributed by atoms with van der Waals surface area (Å²) in [5.74, 6) is -1.41. The van der Waals surface area contributed by atoms with Crippen LogP contribution in [0.1, 0.15) is 28.7 Å². The predicted octanol–water partition coefficient (Wildman–Crippen LogP) is 4.49. The number of likely N-dealkylation sites (N-methyl/N-ethyl adjacent to an activating group) is 1. The van der Waals surface area contributed by atoms with E-state index in [4.69, 9.17) is 0 Å². The highest BCUT2D eigenvalue weighted by atomic mass is 32.1. The van der Waals surface area contributed by atoms with E-state index < -0.39 is 24.1 Å². The third kappa shape index (κ3) is 7.15. The fraction of sp³-hybridized carbons (Fsp3) is 0.385. The lowest BCUT2D eigenvalue weighted by atomic mass is 10.1. The zero-order valence-electron chi connectivity index (χ0n) is 21.0. The Labute approximate surface area is 222 Å². The molecule has 2 aromatic carbocycles. The van der Waals surface area contributed by atoms with Gasteiger partial charge in [0.2, 0.25) is 5.91 Å². The van der Waals surface area contributed by atoms with Crippen LogP contribution < -0.4 is 10.1 Å². The number of hydrogen-bond donors (Lipinski definition) is 1. The molecule has 38 heavy (non-hydrogen) atoms. The van der Waals surface area contributed by atoms with Gasteiger partial charge in [-0.3, -0.25) is 14.5 Å². The topological polar surface area (TPSA) is 87.7 Å². The van der Waals surface area contributed by atoms with Crippen LogP contribution in [0.15, 0.2) is 48.5 Å². The lowest BCUT2D eigenvalue weighted by Crippen LogP contribution is -2.52. The van der Waals surface area contributed by atoms with Crippen molar-refractivity contribution >= 4 is 28.7 Å². The van der Waals surface area contributed by atoms with E-state index in [1.54, 1.807) is 0 Å². The first kappa shape index (κ1) is 27.7. The van der Waals surface area contributed by atoms with Gasteiger partial charge in [-0.25, -0.2) is 0 Å². The van der Waals surface area contributed by atoms with Gasteiger partial charge in [-0.1, -0.05) is 48.6 Å². The minimum absolute atomic E-state index is 0.0871. The van der Waals surface area contributed by atoms with E-state index in [0.717, 1.165) is 24.7 Å². The molecule has 4 rings (SSSR count). The molecule has 1 aliphatic heterocycles. The van der Waals surface area contributed by atoms with Gasteiger partial charge < -0.3 is 15.0 Å². The monoisotopic (exact) mass is 547 g/mol. The number of rotatable bonds is 9. The first-order valence-electron chi connectivity index (χ1n) is 12.2. The van der Waals surface area contributed by atoms with Crippen LogP contribution in [0.2, 0.25) is 0 Å². The van der Waals surface area contributed by atoms with Gasteiger partial charge in [0.05, 0.1) is 18.2 Å². The first-order valence-corrected chi connectivity index (χ1v) is 13.0. The number of hydrogen-bond acceptors (Lipinski definition) is 8. The molecular weight excluding hydrogens is 519 g/mol. The van der Waals surface area contributed by atoms with E-state index in [9.17, 15) is 22.8 Å². The summed E-state index contributed by atoms with van der Waals surface area (Å²) in [5, 5.41) is 11.9. The van der Waals surface area contributed by atoms with Gasteiger partial charge in [-0.15, -0.1) is 23.4 Å². The standard InChI is InChI=1S/C26H28F3N5O3S/c1-3-20(34-13-11-33(2)12-14-34)24(36)30-19-15-18(9-10-22(19)37-26(27,28)29)21(35)16-23-31-32-25(38-23)17-7-5-4-6-8-17/h4-10,15,20H,3,11-14,16H2,1-2H3,(H,30,36)/t20-/m1/s1. The minimum Gasteiger partial charge on any atom is -0.404 e. The molecule has 1 saturated heterocycles. The molecule has 2 heterocycles. The summed E-state index contributed by atoms with van der Waals surface area (Å²) in [6.07, 6.45) is -4.58. The summed E-state index contributed by atoms with van der Waals surface area (Å²) < 4.78 is 43.4. The number of amides is 1. The van der Waals surface area contributed by atoms with Crippen molar-refractivity contribution in [3.05, 3.63) is 59.1 Å². The molecule has 1 atom stereocenters. The van der Waals surface area contributed by atoms with Crippen molar-refractivity contribution in [2.45, 2.75) is 32.2 Å². The van der Waals surface area contributed by atoms with Crippen molar-refractivity contribution in [2.24, 2.45) is 0 Å². The summed E-state index contributed by atoms with van der Waals surface area (Å²) >= 11 is 1.26. The summed E-state index contributed by atoms with van der Waals surface area (Å²) in [6.45, 7) is 4.75. The molecule has 0 unspecified atom stereocenters. The largest absolute Gasteiger partial charge is 0.573 e. The Kier molecular flexibility index (Phi) is 8.75. The number of carbonyl (C=O) groups is 2. The number of halogens is 3. The second-order valence-corrected chi connectivity index (χ2v) is 10.0. The number of benzene rings is 2. The molecule has 0 radical (unpaired) electrons. The van der Waals surface area contributed by atoms with Crippen molar-refractivity contribution in [1.82, 2.24) is 20.0 Å². The van der Waals surface area contributed by atoms with E-state index in [1.165, 1.54) is 23.5 Å². The average Bonchev–Trinajstić information content (AvgIpc) is 3.35. The Balaban J connectivity index is 1.53. The van der Waals surface area contributed by atoms with Crippen molar-refractivity contribution < 1.29 is 27.5 Å². The maximum Gasteiger partial charge on any atom is 0.573 e. The maximum absolute atomic E-state index is 13.1. The van der Waals surface area contributed by atoms with E-state index in [-0.39, 0.29) is 23.5 Å². The van der Waals surface area contributed by atoms with Crippen LogP contribution in [0.25, 0.3) is 10.6 Å². The molecule has 8 nitrogen and oxygen atoms in total. The Morgan fingerprint density at radius 3 is 2.45 bits per heavy atom. The molecule has 1 N–H and O–H groups in total. The molecule has 0 saturated carbocycles. The van der Waals surface area contributed by atoms with E-state index in [0.29, 0.717) is 29.5 Å². The predicted molar refractivity (Wildman–Crippen MR) is 138 cm³/mol. The Morgan fingerprint density at radius 2 is 1.79 bits per heavy atom. The zero-order valence-corrected chi connectivity index (χ0v) is 21.8. The number of ketones is 1. The fourth-order valence-electron chi connectivity index (χ4n) is 4.24. The molecule has 3 aromatic rings. The van der Waals surface area contributed by atoms with E-state index in [1.807, 2.05) is 49.2 Å². The van der Waals surface area contributed by atoms with Crippen LogP contribution in [-0.2, 0) is 11.2 Å². The lowest BCUT2D eigenvalue weighted by Gasteiger charge is -2.36. The minimum atomic E-state index is -4.97. The molecular formula is C26H28F3N5O3S. The van der Waals surface area contributed by atoms with Gasteiger partial charge >= 0.3 is 6.36 Å². The molecule has 1 aliphatic rings. The van der Waals surface area contributed by atoms with Crippen LogP contribution in [0, 0.1) is 0 Å². The Morgan fingerprint density at radius 1 is 1.08 bits per heavy atom. The second kappa shape index (κ2) is 12.0. The van der Waals surface area contributed by atoms with Gasteiger partial charge in [-0.05, 0) is 31.7 Å². The summed E-state index contributed by atoms with van der Waals surface area (Å²) in [5.41, 5.74) is 0.778. The van der Waals surface area contributed by atoms with Gasteiger partial charge in [0, 0.05) is 37.3 Å². The van der Waals surface area contributed by atoms with Gasteiger partial charge in [0.25, 0.3) is 0 Å². The lowest BCUT2D eigenvalue weighted by molar-refractivity contribution is -0.274. The highest BCUT2D eigenvalue weighted by Gasteiger charge is 2.33. The number of nitrogens with one attached hydrogen (secondary N) is 1. The SMILES string of the molecule is CC[C@H](C(=O)Nc1cc(C(=O)Cc2nnc(-c3ccccc3)s2)ccc1OC(F)(F)F)N1CCN(C)CC1. The van der Waals surface area contributed by atoms with E-state index in [2.05, 4.69) is 25.2 Å². The van der Waals surface area contributed by atoms with Crippen LogP contribution in [-0.4, -0.2) is 77.3 Å². The van der Waals surface area contributed by atoms with Crippen LogP contribution in [0.3, 0.4) is 0 Å². The molecule has 1 amide bonds. The number of carbonyl (C=O) groups excluding carboxylic acids is 2. The third-order valence-electron chi connectivity index (χ3n) is 6.25. The third-order valence-corrected chi connectivity index (χ3v) is 7.22. The van der Waals surface area contributed by atoms with Crippen molar-refractivity contribution in [3.8, 4) is 16.3 Å². The van der Waals surface area contributed by atoms with Crippen LogP contribution in [0.5, 0.6) is 5.75 Å². The average molecular weight is 548 g/mol. The number of nitrogens with zero attached hydrogens (tertiary/aromatic N) is 4. The van der Waals surface area contributed by atoms with E-state index >= 15 is 0 Å². The van der Waals surface area contributed by atoms with Crippen molar-refractivity contribution in [2.75, 3.05) is 38.5 Å². The second-order valence-electron chi connectivity index (χ2n) is 8.98. The highest BCUT2D eigenvalue weighted by Crippen LogP contribution is 2.32. The number of anilines is 1. The number of alkyl halides is 3. The molecule has 0 bridgehead atoms. The number of ether oxygens (including phenoxy) is 1. The van der Waals surface area contributed by atoms with Gasteiger partial charge in [-0.2, -0.15) is 0 Å². The number of Topliss-reactive ketones (excluding diaryl/α,β-unsaturated/α-hetero) is 1. The summed E-state index contributed by atoms with van der Waals surface area (Å²) in [4.78, 5) is 30.3. The number of aromatic nitrogens is 2. The molecule has 1 fully saturated rings. The molecule has 0 spiro atoms. The van der Waals surface area contributed by atoms with Crippen LogP contribution in [0.4, 0.5) is 18.9 Å². The first-order chi connectivity index (χ1) is 18.1. The molecule has 202 valence electrons. The normalized spacial score (nSPS) is 15.7. The Bertz CT molecular complexity index is 1260. The van der Waals surface area contributed by atoms with Gasteiger partial charge in [0.1, 0.15) is 10.0 Å². The highest BCUT2D eigenvalue weighted by molar-refractivity contribution is 7.14. The summed E-state index contributed by atoms with van der Waals surface area (Å²) in [6, 6.07) is 12.4. The summed E-state index contributed by atoms with van der Waals surface area (Å²) in [7, 11) is 1.99. The fourth-order valence-corrected chi connectivity index (χ4v) is 5.08. The molecule has 12 heteroatoms. The van der Waals surface area contributed by atoms with Crippen LogP contribution >= 0.6 is 11.3 Å². The van der Waals surface area contributed by atoms with Crippen molar-refractivity contribution in [1.29, 1.82) is 0 Å². The molecule has 1 aromatic heterocycles. The van der Waals surface area contributed by atoms with Gasteiger partial charge in [0.15, 0.2) is 11.5 Å². The Hall–Kier alpha value is -3.35.